The van der Waals surface area contributed by atoms with Crippen LogP contribution in [0, 0.1) is 0 Å². The Balaban J connectivity index is 0.00000211. The Labute approximate surface area is 131 Å². The summed E-state index contributed by atoms with van der Waals surface area (Å²) in [5.74, 6) is 0.204. The lowest BCUT2D eigenvalue weighted by molar-refractivity contribution is -0.697. The number of carbonyl (C=O) groups excluding carboxylic acids is 1. The molecular formula is C15H26N3O4+. The minimum absolute atomic E-state index is 0.121. The van der Waals surface area contributed by atoms with Crippen molar-refractivity contribution in [3.8, 4) is 5.75 Å². The lowest BCUT2D eigenvalue weighted by Gasteiger charge is -2.06. The zero-order valence-corrected chi connectivity index (χ0v) is 13.2. The third-order valence-electron chi connectivity index (χ3n) is 2.57. The number of pyridine rings is 1. The fraction of sp³-hybridized carbons (Fsp3) is 0.467. The number of aromatic nitrogens is 1. The van der Waals surface area contributed by atoms with Gasteiger partial charge in [-0.2, -0.15) is 0 Å². The highest BCUT2D eigenvalue weighted by Gasteiger charge is 2.06. The number of esters is 1. The maximum absolute atomic E-state index is 11.4. The summed E-state index contributed by atoms with van der Waals surface area (Å²) in [6.45, 7) is 3.15. The van der Waals surface area contributed by atoms with E-state index in [1.54, 1.807) is 0 Å². The predicted octanol–water partition coefficient (Wildman–Crippen LogP) is 0.0635. The fourth-order valence-electron chi connectivity index (χ4n) is 1.50. The molecule has 0 aliphatic carbocycles. The van der Waals surface area contributed by atoms with E-state index in [4.69, 9.17) is 26.0 Å². The largest absolute Gasteiger partial charge is 0.481 e. The Hall–Kier alpha value is -2.28. The first-order valence-electron chi connectivity index (χ1n) is 7.04. The summed E-state index contributed by atoms with van der Waals surface area (Å²) in [6.07, 6.45) is 6.61. The normalized spacial score (nSPS) is 10.4. The van der Waals surface area contributed by atoms with Gasteiger partial charge in [0.05, 0.1) is 6.61 Å². The quantitative estimate of drug-likeness (QED) is 0.462. The van der Waals surface area contributed by atoms with Crippen molar-refractivity contribution in [3.05, 3.63) is 36.4 Å². The van der Waals surface area contributed by atoms with E-state index in [0.29, 0.717) is 17.9 Å². The smallest absolute Gasteiger partial charge is 0.344 e. The molecule has 0 aliphatic rings. The number of aryl methyl sites for hydroxylation is 1. The number of aliphatic hydroxyl groups is 1. The van der Waals surface area contributed by atoms with Crippen LogP contribution in [-0.2, 0) is 16.1 Å². The summed E-state index contributed by atoms with van der Waals surface area (Å²) >= 11 is 0. The van der Waals surface area contributed by atoms with Crippen LogP contribution in [0.5, 0.6) is 5.75 Å². The zero-order chi connectivity index (χ0) is 16.8. The highest BCUT2D eigenvalue weighted by molar-refractivity contribution is 5.71. The molecule has 0 unspecified atom stereocenters. The van der Waals surface area contributed by atoms with E-state index in [9.17, 15) is 4.79 Å². The summed E-state index contributed by atoms with van der Waals surface area (Å²) < 4.78 is 12.3. The number of nitrogens with zero attached hydrogens (tertiary/aromatic N) is 1. The van der Waals surface area contributed by atoms with Crippen LogP contribution in [0.1, 0.15) is 19.8 Å². The van der Waals surface area contributed by atoms with Crippen LogP contribution >= 0.6 is 0 Å². The molecular weight excluding hydrogens is 286 g/mol. The summed E-state index contributed by atoms with van der Waals surface area (Å²) in [4.78, 5) is 11.4. The van der Waals surface area contributed by atoms with Gasteiger partial charge >= 0.3 is 5.97 Å². The molecule has 124 valence electrons. The van der Waals surface area contributed by atoms with E-state index >= 15 is 0 Å². The molecule has 1 rings (SSSR count). The molecule has 0 fully saturated rings. The molecule has 0 saturated heterocycles. The van der Waals surface area contributed by atoms with Crippen LogP contribution in [0.4, 0.5) is 0 Å². The van der Waals surface area contributed by atoms with Crippen molar-refractivity contribution in [1.82, 2.24) is 0 Å². The van der Waals surface area contributed by atoms with Gasteiger partial charge in [-0.15, -0.1) is 0 Å². The van der Waals surface area contributed by atoms with Crippen LogP contribution in [0.3, 0.4) is 0 Å². The molecule has 0 aliphatic heterocycles. The molecule has 0 aromatic carbocycles. The third-order valence-corrected chi connectivity index (χ3v) is 2.57. The maximum Gasteiger partial charge on any atom is 0.344 e. The van der Waals surface area contributed by atoms with Crippen molar-refractivity contribution in [2.24, 2.45) is 11.5 Å². The number of ether oxygens (including phenoxy) is 2. The van der Waals surface area contributed by atoms with Crippen molar-refractivity contribution >= 4 is 5.97 Å². The second kappa shape index (κ2) is 12.5. The second-order valence-corrected chi connectivity index (χ2v) is 4.27. The first-order valence-corrected chi connectivity index (χ1v) is 7.04. The average Bonchev–Trinajstić information content (AvgIpc) is 2.56. The molecule has 7 heteroatoms. The van der Waals surface area contributed by atoms with Crippen LogP contribution in [-0.4, -0.2) is 31.4 Å². The molecule has 0 atom stereocenters. The molecule has 7 nitrogen and oxygen atoms in total. The number of hydrogen-bond acceptors (Lipinski definition) is 6. The van der Waals surface area contributed by atoms with E-state index in [2.05, 4.69) is 6.92 Å². The standard InChI is InChI=1S/C14H22N3O3.CH4O/c1-2-6-17-7-3-13(4-8-17)20-11-14(18)19-9-5-12(16)10-15;1-2/h3-4,7-8,10H,2,5-6,9,11,15-16H2,1H3;2H,1H3/q+1;/b12-10-;. The molecule has 22 heavy (non-hydrogen) atoms. The minimum Gasteiger partial charge on any atom is -0.481 e. The van der Waals surface area contributed by atoms with Gasteiger partial charge in [-0.05, 0) is 0 Å². The maximum atomic E-state index is 11.4. The van der Waals surface area contributed by atoms with Crippen LogP contribution in [0.2, 0.25) is 0 Å². The zero-order valence-electron chi connectivity index (χ0n) is 13.2. The molecule has 0 saturated carbocycles. The molecule has 1 aromatic heterocycles. The Bertz CT molecular complexity index is 447. The highest BCUT2D eigenvalue weighted by atomic mass is 16.6. The number of carbonyl (C=O) groups is 1. The van der Waals surface area contributed by atoms with Gasteiger partial charge < -0.3 is 26.0 Å². The molecule has 0 bridgehead atoms. The summed E-state index contributed by atoms with van der Waals surface area (Å²) in [5.41, 5.74) is 11.2. The summed E-state index contributed by atoms with van der Waals surface area (Å²) in [5, 5.41) is 7.00. The van der Waals surface area contributed by atoms with Crippen LogP contribution in [0.25, 0.3) is 0 Å². The van der Waals surface area contributed by atoms with E-state index in [1.165, 1.54) is 6.20 Å². The Morgan fingerprint density at radius 1 is 1.36 bits per heavy atom. The van der Waals surface area contributed by atoms with Crippen molar-refractivity contribution in [2.45, 2.75) is 26.3 Å². The molecule has 0 radical (unpaired) electrons. The third kappa shape index (κ3) is 8.80. The van der Waals surface area contributed by atoms with E-state index < -0.39 is 5.97 Å². The number of aliphatic hydroxyl groups excluding tert-OH is 1. The molecule has 0 spiro atoms. The average molecular weight is 312 g/mol. The van der Waals surface area contributed by atoms with Gasteiger partial charge in [0, 0.05) is 44.0 Å². The van der Waals surface area contributed by atoms with Gasteiger partial charge in [-0.25, -0.2) is 9.36 Å². The Kier molecular flexibility index (Phi) is 11.2. The summed E-state index contributed by atoms with van der Waals surface area (Å²) in [7, 11) is 1.00. The van der Waals surface area contributed by atoms with Crippen molar-refractivity contribution in [1.29, 1.82) is 0 Å². The van der Waals surface area contributed by atoms with Gasteiger partial charge in [0.15, 0.2) is 19.0 Å². The topological polar surface area (TPSA) is 112 Å². The monoisotopic (exact) mass is 312 g/mol. The lowest BCUT2D eigenvalue weighted by atomic mass is 10.3. The van der Waals surface area contributed by atoms with Crippen molar-refractivity contribution in [2.75, 3.05) is 20.3 Å². The Morgan fingerprint density at radius 3 is 2.55 bits per heavy atom. The molecule has 1 heterocycles. The molecule has 5 N–H and O–H groups in total. The minimum atomic E-state index is -0.430. The lowest BCUT2D eigenvalue weighted by Crippen LogP contribution is -2.31. The van der Waals surface area contributed by atoms with Crippen LogP contribution in [0.15, 0.2) is 36.4 Å². The fourth-order valence-corrected chi connectivity index (χ4v) is 1.50. The van der Waals surface area contributed by atoms with E-state index in [1.807, 2.05) is 29.1 Å². The van der Waals surface area contributed by atoms with Crippen molar-refractivity contribution in [3.63, 3.8) is 0 Å². The van der Waals surface area contributed by atoms with E-state index in [0.717, 1.165) is 20.1 Å². The number of hydrogen-bond donors (Lipinski definition) is 3. The van der Waals surface area contributed by atoms with Crippen molar-refractivity contribution < 1.29 is 23.9 Å². The summed E-state index contributed by atoms with van der Waals surface area (Å²) in [6, 6.07) is 3.64. The Morgan fingerprint density at radius 2 is 2.00 bits per heavy atom. The van der Waals surface area contributed by atoms with Crippen LogP contribution < -0.4 is 20.8 Å². The highest BCUT2D eigenvalue weighted by Crippen LogP contribution is 2.06. The van der Waals surface area contributed by atoms with E-state index in [-0.39, 0.29) is 13.2 Å². The number of nitrogens with two attached hydrogens (primary N) is 2. The predicted molar refractivity (Wildman–Crippen MR) is 82.6 cm³/mol. The molecule has 1 aromatic rings. The van der Waals surface area contributed by atoms with Gasteiger partial charge in [-0.1, -0.05) is 6.92 Å². The SMILES string of the molecule is CCC[n+]1ccc(OCC(=O)OCC/C(N)=C/N)cc1.CO. The first-order chi connectivity index (χ1) is 10.7. The van der Waals surface area contributed by atoms with Gasteiger partial charge in [0.1, 0.15) is 12.3 Å². The van der Waals surface area contributed by atoms with Gasteiger partial charge in [0.25, 0.3) is 0 Å². The number of rotatable bonds is 8. The first kappa shape index (κ1) is 19.7. The molecule has 0 amide bonds. The van der Waals surface area contributed by atoms with Gasteiger partial charge in [0.2, 0.25) is 0 Å². The van der Waals surface area contributed by atoms with Gasteiger partial charge in [-0.3, -0.25) is 0 Å². The second-order valence-electron chi connectivity index (χ2n) is 4.27.